The van der Waals surface area contributed by atoms with Crippen LogP contribution in [0, 0.1) is 0 Å². The van der Waals surface area contributed by atoms with Crippen molar-refractivity contribution < 1.29 is 9.90 Å². The molecule has 0 aliphatic rings. The van der Waals surface area contributed by atoms with Crippen molar-refractivity contribution in [3.63, 3.8) is 0 Å². The molecule has 108 valence electrons. The van der Waals surface area contributed by atoms with Gasteiger partial charge in [-0.3, -0.25) is 0 Å². The van der Waals surface area contributed by atoms with Crippen LogP contribution in [0.1, 0.15) is 11.1 Å². The van der Waals surface area contributed by atoms with Crippen molar-refractivity contribution in [3.05, 3.63) is 82.3 Å². The number of halogens is 1. The third-order valence-electron chi connectivity index (χ3n) is 3.51. The number of aliphatic carboxylic acids is 1. The first-order valence-corrected chi connectivity index (χ1v) is 7.64. The molecule has 2 nitrogen and oxygen atoms in total. The van der Waals surface area contributed by atoms with Crippen LogP contribution in [0.2, 0.25) is 0 Å². The van der Waals surface area contributed by atoms with Gasteiger partial charge in [0.1, 0.15) is 0 Å². The van der Waals surface area contributed by atoms with Crippen LogP contribution in [-0.4, -0.2) is 11.1 Å². The smallest absolute Gasteiger partial charge is 0.336 e. The van der Waals surface area contributed by atoms with Gasteiger partial charge in [0.15, 0.2) is 0 Å². The van der Waals surface area contributed by atoms with Crippen LogP contribution >= 0.6 is 15.9 Å². The quantitative estimate of drug-likeness (QED) is 0.517. The second-order valence-electron chi connectivity index (χ2n) is 4.92. The molecular formula is C19H13BrO2. The van der Waals surface area contributed by atoms with Crippen molar-refractivity contribution in [2.24, 2.45) is 0 Å². The van der Waals surface area contributed by atoms with E-state index in [9.17, 15) is 9.90 Å². The molecule has 3 aromatic rings. The van der Waals surface area contributed by atoms with Crippen molar-refractivity contribution in [1.29, 1.82) is 0 Å². The molecule has 0 aliphatic carbocycles. The van der Waals surface area contributed by atoms with Crippen molar-refractivity contribution in [2.75, 3.05) is 0 Å². The molecule has 0 unspecified atom stereocenters. The maximum absolute atomic E-state index is 11.6. The van der Waals surface area contributed by atoms with E-state index in [2.05, 4.69) is 15.9 Å². The zero-order chi connectivity index (χ0) is 15.5. The molecule has 0 fully saturated rings. The summed E-state index contributed by atoms with van der Waals surface area (Å²) >= 11 is 3.59. The van der Waals surface area contributed by atoms with Gasteiger partial charge in [-0.2, -0.15) is 0 Å². The SMILES string of the molecule is O=C(O)C(=Cc1ccc2ccccc2c1Br)c1ccccc1. The molecule has 3 heteroatoms. The molecule has 0 radical (unpaired) electrons. The van der Waals surface area contributed by atoms with Gasteiger partial charge >= 0.3 is 5.97 Å². The fourth-order valence-corrected chi connectivity index (χ4v) is 3.01. The van der Waals surface area contributed by atoms with E-state index in [1.54, 1.807) is 18.2 Å². The Hall–Kier alpha value is -2.39. The lowest BCUT2D eigenvalue weighted by atomic mass is 10.0. The highest BCUT2D eigenvalue weighted by Gasteiger charge is 2.11. The zero-order valence-corrected chi connectivity index (χ0v) is 13.2. The number of benzene rings is 3. The number of carboxylic acid groups (broad SMARTS) is 1. The third kappa shape index (κ3) is 2.81. The van der Waals surface area contributed by atoms with Gasteiger partial charge < -0.3 is 5.11 Å². The van der Waals surface area contributed by atoms with E-state index in [4.69, 9.17) is 0 Å². The summed E-state index contributed by atoms with van der Waals surface area (Å²) in [5.41, 5.74) is 1.81. The number of rotatable bonds is 3. The first-order chi connectivity index (χ1) is 10.7. The van der Waals surface area contributed by atoms with E-state index in [1.165, 1.54) is 0 Å². The minimum atomic E-state index is -0.939. The molecule has 3 rings (SSSR count). The Morgan fingerprint density at radius 3 is 2.32 bits per heavy atom. The average molecular weight is 353 g/mol. The summed E-state index contributed by atoms with van der Waals surface area (Å²) in [6, 6.07) is 21.1. The summed E-state index contributed by atoms with van der Waals surface area (Å²) in [6.45, 7) is 0. The molecule has 0 heterocycles. The molecule has 0 amide bonds. The van der Waals surface area contributed by atoms with Crippen LogP contribution in [0.15, 0.2) is 71.2 Å². The average Bonchev–Trinajstić information content (AvgIpc) is 2.55. The Labute approximate surface area is 136 Å². The molecule has 0 saturated heterocycles. The molecule has 22 heavy (non-hydrogen) atoms. The fraction of sp³-hybridized carbons (Fsp3) is 0. The van der Waals surface area contributed by atoms with Crippen molar-refractivity contribution in [2.45, 2.75) is 0 Å². The Kier molecular flexibility index (Phi) is 4.07. The van der Waals surface area contributed by atoms with E-state index < -0.39 is 5.97 Å². The number of carboxylic acids is 1. The summed E-state index contributed by atoms with van der Waals surface area (Å²) in [5.74, 6) is -0.939. The number of fused-ring (bicyclic) bond motifs is 1. The first kappa shape index (κ1) is 14.5. The van der Waals surface area contributed by atoms with E-state index in [0.29, 0.717) is 5.56 Å². The Bertz CT molecular complexity index is 867. The Balaban J connectivity index is 2.17. The van der Waals surface area contributed by atoms with Crippen LogP contribution in [0.25, 0.3) is 22.4 Å². The van der Waals surface area contributed by atoms with E-state index in [-0.39, 0.29) is 5.57 Å². The normalized spacial score (nSPS) is 11.6. The summed E-state index contributed by atoms with van der Waals surface area (Å²) < 4.78 is 0.903. The minimum absolute atomic E-state index is 0.275. The zero-order valence-electron chi connectivity index (χ0n) is 11.7. The Morgan fingerprint density at radius 2 is 1.59 bits per heavy atom. The predicted molar refractivity (Wildman–Crippen MR) is 93.6 cm³/mol. The largest absolute Gasteiger partial charge is 0.478 e. The highest BCUT2D eigenvalue weighted by Crippen LogP contribution is 2.30. The molecule has 0 aliphatic heterocycles. The van der Waals surface area contributed by atoms with Crippen LogP contribution in [0.5, 0.6) is 0 Å². The van der Waals surface area contributed by atoms with Gasteiger partial charge in [0, 0.05) is 4.47 Å². The number of hydrogen-bond donors (Lipinski definition) is 1. The second kappa shape index (κ2) is 6.16. The molecule has 3 aromatic carbocycles. The number of hydrogen-bond acceptors (Lipinski definition) is 1. The van der Waals surface area contributed by atoms with Gasteiger partial charge in [-0.15, -0.1) is 0 Å². The molecule has 0 bridgehead atoms. The summed E-state index contributed by atoms with van der Waals surface area (Å²) in [7, 11) is 0. The lowest BCUT2D eigenvalue weighted by Crippen LogP contribution is -1.99. The van der Waals surface area contributed by atoms with Crippen molar-refractivity contribution >= 4 is 44.3 Å². The van der Waals surface area contributed by atoms with Gasteiger partial charge in [0.2, 0.25) is 0 Å². The first-order valence-electron chi connectivity index (χ1n) is 6.84. The minimum Gasteiger partial charge on any atom is -0.478 e. The summed E-state index contributed by atoms with van der Waals surface area (Å²) in [4.78, 5) is 11.6. The van der Waals surface area contributed by atoms with Crippen LogP contribution < -0.4 is 0 Å². The van der Waals surface area contributed by atoms with Gasteiger partial charge in [0.05, 0.1) is 5.57 Å². The molecule has 0 spiro atoms. The van der Waals surface area contributed by atoms with Gasteiger partial charge in [0.25, 0.3) is 0 Å². The third-order valence-corrected chi connectivity index (χ3v) is 4.39. The van der Waals surface area contributed by atoms with E-state index in [0.717, 1.165) is 20.8 Å². The Morgan fingerprint density at radius 1 is 0.909 bits per heavy atom. The highest BCUT2D eigenvalue weighted by molar-refractivity contribution is 9.10. The maximum Gasteiger partial charge on any atom is 0.336 e. The van der Waals surface area contributed by atoms with Crippen molar-refractivity contribution in [1.82, 2.24) is 0 Å². The van der Waals surface area contributed by atoms with Crippen LogP contribution in [0.3, 0.4) is 0 Å². The second-order valence-corrected chi connectivity index (χ2v) is 5.71. The topological polar surface area (TPSA) is 37.3 Å². The molecule has 0 atom stereocenters. The lowest BCUT2D eigenvalue weighted by Gasteiger charge is -2.07. The lowest BCUT2D eigenvalue weighted by molar-refractivity contribution is -0.130. The van der Waals surface area contributed by atoms with Crippen LogP contribution in [-0.2, 0) is 4.79 Å². The number of carbonyl (C=O) groups is 1. The fourth-order valence-electron chi connectivity index (χ4n) is 2.40. The van der Waals surface area contributed by atoms with Gasteiger partial charge in [-0.05, 0) is 43.9 Å². The molecular weight excluding hydrogens is 340 g/mol. The maximum atomic E-state index is 11.6. The van der Waals surface area contributed by atoms with Gasteiger partial charge in [-0.25, -0.2) is 4.79 Å². The molecule has 0 aromatic heterocycles. The standard InChI is InChI=1S/C19H13BrO2/c20-18-15(11-10-14-8-4-5-9-16(14)18)12-17(19(21)22)13-6-2-1-3-7-13/h1-12H,(H,21,22). The van der Waals surface area contributed by atoms with E-state index in [1.807, 2.05) is 54.6 Å². The highest BCUT2D eigenvalue weighted by atomic mass is 79.9. The van der Waals surface area contributed by atoms with E-state index >= 15 is 0 Å². The molecule has 0 saturated carbocycles. The monoisotopic (exact) mass is 352 g/mol. The van der Waals surface area contributed by atoms with Gasteiger partial charge in [-0.1, -0.05) is 66.7 Å². The van der Waals surface area contributed by atoms with Crippen LogP contribution in [0.4, 0.5) is 0 Å². The summed E-state index contributed by atoms with van der Waals surface area (Å²) in [5, 5.41) is 11.7. The van der Waals surface area contributed by atoms with Crippen molar-refractivity contribution in [3.8, 4) is 0 Å². The molecule has 1 N–H and O–H groups in total. The summed E-state index contributed by atoms with van der Waals surface area (Å²) in [6.07, 6.45) is 1.70. The predicted octanol–water partition coefficient (Wildman–Crippen LogP) is 5.23.